The molecule has 2 saturated heterocycles. The van der Waals surface area contributed by atoms with Gasteiger partial charge < -0.3 is 14.5 Å². The van der Waals surface area contributed by atoms with Gasteiger partial charge in [0.1, 0.15) is 17.1 Å². The Kier molecular flexibility index (Phi) is 5.16. The van der Waals surface area contributed by atoms with E-state index in [2.05, 4.69) is 23.8 Å². The van der Waals surface area contributed by atoms with E-state index in [9.17, 15) is 9.59 Å². The van der Waals surface area contributed by atoms with Gasteiger partial charge in [-0.2, -0.15) is 0 Å². The molecule has 7 heteroatoms. The van der Waals surface area contributed by atoms with E-state index in [1.807, 2.05) is 11.8 Å². The number of aryl methyl sites for hydroxylation is 2. The first-order chi connectivity index (χ1) is 12.3. The van der Waals surface area contributed by atoms with Crippen molar-refractivity contribution in [2.24, 2.45) is 0 Å². The van der Waals surface area contributed by atoms with Gasteiger partial charge in [-0.3, -0.25) is 4.79 Å². The van der Waals surface area contributed by atoms with Crippen LogP contribution in [-0.2, 0) is 4.74 Å². The van der Waals surface area contributed by atoms with Gasteiger partial charge in [0, 0.05) is 37.7 Å². The van der Waals surface area contributed by atoms with Crippen molar-refractivity contribution in [3.05, 3.63) is 23.3 Å². The van der Waals surface area contributed by atoms with E-state index in [4.69, 9.17) is 4.74 Å². The molecule has 0 aromatic carbocycles. The number of ether oxygens (including phenoxy) is 1. The van der Waals surface area contributed by atoms with Crippen molar-refractivity contribution >= 4 is 12.0 Å². The summed E-state index contributed by atoms with van der Waals surface area (Å²) in [4.78, 5) is 37.2. The number of likely N-dealkylation sites (tertiary alicyclic amines) is 1. The van der Waals surface area contributed by atoms with Gasteiger partial charge in [-0.15, -0.1) is 0 Å². The largest absolute Gasteiger partial charge is 0.441 e. The molecule has 0 unspecified atom stereocenters. The molecule has 2 aliphatic heterocycles. The molecule has 0 aliphatic carbocycles. The number of aromatic nitrogens is 2. The summed E-state index contributed by atoms with van der Waals surface area (Å²) >= 11 is 0. The van der Waals surface area contributed by atoms with Crippen LogP contribution in [0.25, 0.3) is 0 Å². The molecule has 3 heterocycles. The van der Waals surface area contributed by atoms with E-state index >= 15 is 0 Å². The summed E-state index contributed by atoms with van der Waals surface area (Å²) in [5.74, 6) is 0.529. The van der Waals surface area contributed by atoms with Crippen LogP contribution in [0.15, 0.2) is 6.07 Å². The lowest BCUT2D eigenvalue weighted by atomic mass is 9.90. The van der Waals surface area contributed by atoms with Gasteiger partial charge in [0.05, 0.1) is 6.54 Å². The summed E-state index contributed by atoms with van der Waals surface area (Å²) in [6, 6.07) is 1.92. The van der Waals surface area contributed by atoms with Gasteiger partial charge >= 0.3 is 6.09 Å². The highest BCUT2D eigenvalue weighted by atomic mass is 16.6. The maximum absolute atomic E-state index is 12.7. The van der Waals surface area contributed by atoms with Crippen molar-refractivity contribution in [1.82, 2.24) is 19.8 Å². The van der Waals surface area contributed by atoms with Crippen molar-refractivity contribution in [3.63, 3.8) is 0 Å². The molecule has 2 amide bonds. The summed E-state index contributed by atoms with van der Waals surface area (Å²) in [6.07, 6.45) is 3.14. The number of carbonyl (C=O) groups is 2. The lowest BCUT2D eigenvalue weighted by Crippen LogP contribution is -2.49. The molecule has 0 saturated carbocycles. The molecule has 0 N–H and O–H groups in total. The fraction of sp³-hybridized carbons (Fsp3) is 0.684. The first kappa shape index (κ1) is 18.6. The quantitative estimate of drug-likeness (QED) is 0.825. The molecule has 1 spiro atoms. The second kappa shape index (κ2) is 7.21. The molecule has 2 aliphatic rings. The van der Waals surface area contributed by atoms with Gasteiger partial charge in [-0.25, -0.2) is 14.8 Å². The molecule has 0 radical (unpaired) electrons. The van der Waals surface area contributed by atoms with E-state index < -0.39 is 5.60 Å². The Bertz CT molecular complexity index is 678. The Labute approximate surface area is 154 Å². The third-order valence-electron chi connectivity index (χ3n) is 5.38. The summed E-state index contributed by atoms with van der Waals surface area (Å²) in [5.41, 5.74) is 0.778. The minimum Gasteiger partial charge on any atom is -0.441 e. The molecule has 3 rings (SSSR count). The molecule has 0 bridgehead atoms. The number of rotatable bonds is 4. The van der Waals surface area contributed by atoms with Crippen LogP contribution in [-0.4, -0.2) is 63.0 Å². The average Bonchev–Trinajstić information content (AvgIpc) is 2.90. The van der Waals surface area contributed by atoms with E-state index in [-0.39, 0.29) is 18.0 Å². The zero-order chi connectivity index (χ0) is 18.9. The lowest BCUT2D eigenvalue weighted by molar-refractivity contribution is 0.00287. The molecule has 1 aromatic rings. The van der Waals surface area contributed by atoms with Crippen molar-refractivity contribution in [2.45, 2.75) is 65.0 Å². The Hall–Kier alpha value is -2.18. The van der Waals surface area contributed by atoms with E-state index in [0.29, 0.717) is 44.0 Å². The number of piperidine rings is 1. The van der Waals surface area contributed by atoms with Crippen molar-refractivity contribution in [2.75, 3.05) is 19.6 Å². The monoisotopic (exact) mass is 360 g/mol. The Morgan fingerprint density at radius 2 is 2.00 bits per heavy atom. The molecule has 2 fully saturated rings. The van der Waals surface area contributed by atoms with Crippen molar-refractivity contribution in [1.29, 1.82) is 0 Å². The van der Waals surface area contributed by atoms with Gasteiger partial charge in [-0.05, 0) is 33.3 Å². The zero-order valence-corrected chi connectivity index (χ0v) is 16.1. The molecular formula is C19H28N4O3. The summed E-state index contributed by atoms with van der Waals surface area (Å²) in [5, 5.41) is 0. The van der Waals surface area contributed by atoms with Gasteiger partial charge in [-0.1, -0.05) is 13.3 Å². The maximum Gasteiger partial charge on any atom is 0.410 e. The highest BCUT2D eigenvalue weighted by molar-refractivity contribution is 5.92. The number of nitrogens with zero attached hydrogens (tertiary/aromatic N) is 4. The van der Waals surface area contributed by atoms with Crippen LogP contribution in [0.2, 0.25) is 0 Å². The third-order valence-corrected chi connectivity index (χ3v) is 5.38. The van der Waals surface area contributed by atoms with Crippen LogP contribution in [0.4, 0.5) is 4.79 Å². The Morgan fingerprint density at radius 1 is 1.31 bits per heavy atom. The predicted octanol–water partition coefficient (Wildman–Crippen LogP) is 2.71. The smallest absolute Gasteiger partial charge is 0.410 e. The number of carbonyl (C=O) groups excluding carboxylic acids is 2. The van der Waals surface area contributed by atoms with Crippen molar-refractivity contribution < 1.29 is 14.3 Å². The molecule has 142 valence electrons. The van der Waals surface area contributed by atoms with Gasteiger partial charge in [0.2, 0.25) is 0 Å². The van der Waals surface area contributed by atoms with E-state index in [1.165, 1.54) is 0 Å². The maximum atomic E-state index is 12.7. The van der Waals surface area contributed by atoms with E-state index in [0.717, 1.165) is 18.5 Å². The standard InChI is InChI=1S/C19H28N4O3/c1-5-6-14(3)23-12-19(26-18(23)25)7-9-22(10-8-19)17(24)16-11-13(2)20-15(4)21-16/h11,14H,5-10,12H2,1-4H3/t14-/m1/s1. The first-order valence-corrected chi connectivity index (χ1v) is 9.45. The molecule has 7 nitrogen and oxygen atoms in total. The number of amides is 2. The second-order valence-electron chi connectivity index (χ2n) is 7.55. The average molecular weight is 360 g/mol. The molecular weight excluding hydrogens is 332 g/mol. The normalized spacial score (nSPS) is 20.4. The Balaban J connectivity index is 1.64. The summed E-state index contributed by atoms with van der Waals surface area (Å²) < 4.78 is 5.77. The fourth-order valence-corrected chi connectivity index (χ4v) is 3.93. The Morgan fingerprint density at radius 3 is 2.62 bits per heavy atom. The lowest BCUT2D eigenvalue weighted by Gasteiger charge is -2.37. The van der Waals surface area contributed by atoms with Crippen molar-refractivity contribution in [3.8, 4) is 0 Å². The minimum absolute atomic E-state index is 0.0750. The highest BCUT2D eigenvalue weighted by Crippen LogP contribution is 2.35. The third kappa shape index (κ3) is 3.66. The SMILES string of the molecule is CCC[C@@H](C)N1CC2(CCN(C(=O)c3cc(C)nc(C)n3)CC2)OC1=O. The van der Waals surface area contributed by atoms with Crippen LogP contribution in [0.3, 0.4) is 0 Å². The van der Waals surface area contributed by atoms with Gasteiger partial charge in [0.15, 0.2) is 0 Å². The van der Waals surface area contributed by atoms with Crippen LogP contribution >= 0.6 is 0 Å². The first-order valence-electron chi connectivity index (χ1n) is 9.45. The second-order valence-corrected chi connectivity index (χ2v) is 7.55. The van der Waals surface area contributed by atoms with E-state index in [1.54, 1.807) is 17.9 Å². The summed E-state index contributed by atoms with van der Waals surface area (Å²) in [7, 11) is 0. The van der Waals surface area contributed by atoms with Crippen LogP contribution < -0.4 is 0 Å². The van der Waals surface area contributed by atoms with Gasteiger partial charge in [0.25, 0.3) is 5.91 Å². The van der Waals surface area contributed by atoms with Crippen LogP contribution in [0.5, 0.6) is 0 Å². The summed E-state index contributed by atoms with van der Waals surface area (Å²) in [6.45, 7) is 9.62. The highest BCUT2D eigenvalue weighted by Gasteiger charge is 2.48. The number of hydrogen-bond acceptors (Lipinski definition) is 5. The van der Waals surface area contributed by atoms with Crippen LogP contribution in [0.1, 0.15) is 61.5 Å². The molecule has 1 atom stereocenters. The topological polar surface area (TPSA) is 75.6 Å². The zero-order valence-electron chi connectivity index (χ0n) is 16.1. The number of hydrogen-bond donors (Lipinski definition) is 0. The predicted molar refractivity (Wildman–Crippen MR) is 96.9 cm³/mol. The minimum atomic E-state index is -0.451. The van der Waals surface area contributed by atoms with Crippen LogP contribution in [0, 0.1) is 13.8 Å². The molecule has 1 aromatic heterocycles. The fourth-order valence-electron chi connectivity index (χ4n) is 3.93. The molecule has 26 heavy (non-hydrogen) atoms.